The van der Waals surface area contributed by atoms with Gasteiger partial charge in [-0.25, -0.2) is 9.97 Å². The zero-order valence-corrected chi connectivity index (χ0v) is 22.4. The first kappa shape index (κ1) is 25.3. The summed E-state index contributed by atoms with van der Waals surface area (Å²) in [6.45, 7) is 10.9. The molecule has 0 aromatic carbocycles. The molecule has 2 aliphatic rings. The largest absolute Gasteiger partial charge is 0.390 e. The highest BCUT2D eigenvalue weighted by molar-refractivity contribution is 7.21. The highest BCUT2D eigenvalue weighted by Gasteiger charge is 2.48. The normalized spacial score (nSPS) is 24.4. The molecule has 0 radical (unpaired) electrons. The number of aliphatic hydroxyl groups is 3. The van der Waals surface area contributed by atoms with Crippen LogP contribution >= 0.6 is 11.3 Å². The predicted molar refractivity (Wildman–Crippen MR) is 143 cm³/mol. The lowest BCUT2D eigenvalue weighted by Crippen LogP contribution is -2.40. The second-order valence-corrected chi connectivity index (χ2v) is 11.6. The highest BCUT2D eigenvalue weighted by Crippen LogP contribution is 2.45. The number of pyridine rings is 1. The third kappa shape index (κ3) is 4.55. The van der Waals surface area contributed by atoms with Gasteiger partial charge in [-0.1, -0.05) is 0 Å². The number of anilines is 2. The third-order valence-electron chi connectivity index (χ3n) is 7.55. The first-order chi connectivity index (χ1) is 17.1. The summed E-state index contributed by atoms with van der Waals surface area (Å²) < 4.78 is 1.08. The molecule has 194 valence electrons. The molecule has 2 saturated carbocycles. The van der Waals surface area contributed by atoms with Crippen LogP contribution in [0.5, 0.6) is 0 Å². The van der Waals surface area contributed by atoms with Crippen LogP contribution < -0.4 is 10.2 Å². The maximum Gasteiger partial charge on any atom is 0.227 e. The maximum atomic E-state index is 10.9. The summed E-state index contributed by atoms with van der Waals surface area (Å²) in [5, 5.41) is 36.3. The fourth-order valence-electron chi connectivity index (χ4n) is 5.26. The van der Waals surface area contributed by atoms with Crippen LogP contribution in [0, 0.1) is 12.8 Å². The fourth-order valence-corrected chi connectivity index (χ4v) is 6.33. The summed E-state index contributed by atoms with van der Waals surface area (Å²) in [5.41, 5.74) is 2.47. The number of nitrogens with one attached hydrogen (secondary N) is 1. The van der Waals surface area contributed by atoms with Crippen molar-refractivity contribution in [2.75, 3.05) is 23.3 Å². The van der Waals surface area contributed by atoms with Crippen molar-refractivity contribution in [3.63, 3.8) is 0 Å². The Morgan fingerprint density at radius 1 is 1.11 bits per heavy atom. The Kier molecular flexibility index (Phi) is 6.65. The maximum absolute atomic E-state index is 10.9. The topological polar surface area (TPSA) is 128 Å². The number of thiazole rings is 1. The van der Waals surface area contributed by atoms with Gasteiger partial charge in [-0.05, 0) is 59.9 Å². The molecule has 3 aromatic heterocycles. The van der Waals surface area contributed by atoms with E-state index in [0.717, 1.165) is 58.1 Å². The van der Waals surface area contributed by atoms with Gasteiger partial charge in [-0.15, -0.1) is 11.3 Å². The minimum atomic E-state index is -1.12. The van der Waals surface area contributed by atoms with Crippen LogP contribution in [0.25, 0.3) is 20.8 Å². The van der Waals surface area contributed by atoms with Gasteiger partial charge in [-0.2, -0.15) is 4.98 Å². The average Bonchev–Trinajstić information content (AvgIpc) is 3.51. The Hall–Kier alpha value is -2.40. The Morgan fingerprint density at radius 2 is 1.83 bits per heavy atom. The number of fused-ring (bicyclic) bond motifs is 1. The molecular formula is C26H36N6O3S. The summed E-state index contributed by atoms with van der Waals surface area (Å²) in [7, 11) is 0. The molecule has 36 heavy (non-hydrogen) atoms. The van der Waals surface area contributed by atoms with E-state index >= 15 is 0 Å². The lowest BCUT2D eigenvalue weighted by Gasteiger charge is -2.28. The lowest BCUT2D eigenvalue weighted by atomic mass is 9.88. The molecule has 10 heteroatoms. The van der Waals surface area contributed by atoms with E-state index in [0.29, 0.717) is 24.1 Å². The zero-order chi connectivity index (χ0) is 25.8. The first-order valence-corrected chi connectivity index (χ1v) is 13.7. The lowest BCUT2D eigenvalue weighted by molar-refractivity contribution is -0.0601. The molecule has 0 aliphatic heterocycles. The Morgan fingerprint density at radius 3 is 2.44 bits per heavy atom. The van der Waals surface area contributed by atoms with Crippen LogP contribution in [0.1, 0.15) is 64.3 Å². The van der Waals surface area contributed by atoms with E-state index in [9.17, 15) is 15.3 Å². The molecule has 0 spiro atoms. The molecule has 0 unspecified atom stereocenters. The molecule has 3 heterocycles. The second-order valence-electron chi connectivity index (χ2n) is 10.6. The van der Waals surface area contributed by atoms with Crippen molar-refractivity contribution in [3.05, 3.63) is 23.7 Å². The molecule has 5 rings (SSSR count). The molecule has 4 N–H and O–H groups in total. The van der Waals surface area contributed by atoms with Gasteiger partial charge in [0.05, 0.1) is 39.4 Å². The molecule has 0 bridgehead atoms. The molecule has 3 aromatic rings. The molecule has 0 amide bonds. The number of aromatic nitrogens is 4. The molecule has 0 saturated heterocycles. The Bertz CT molecular complexity index is 1250. The van der Waals surface area contributed by atoms with E-state index in [1.54, 1.807) is 25.2 Å². The van der Waals surface area contributed by atoms with Crippen LogP contribution in [0.3, 0.4) is 0 Å². The van der Waals surface area contributed by atoms with Crippen LogP contribution in [-0.2, 0) is 0 Å². The Labute approximate surface area is 215 Å². The zero-order valence-electron chi connectivity index (χ0n) is 21.6. The van der Waals surface area contributed by atoms with Crippen LogP contribution in [0.15, 0.2) is 12.3 Å². The number of hydrogen-bond acceptors (Lipinski definition) is 10. The first-order valence-electron chi connectivity index (χ1n) is 12.9. The monoisotopic (exact) mass is 512 g/mol. The van der Waals surface area contributed by atoms with E-state index in [4.69, 9.17) is 15.0 Å². The van der Waals surface area contributed by atoms with Crippen LogP contribution in [0.4, 0.5) is 11.8 Å². The van der Waals surface area contributed by atoms with Crippen molar-refractivity contribution >= 4 is 33.3 Å². The highest BCUT2D eigenvalue weighted by atomic mass is 32.1. The Balaban J connectivity index is 1.59. The fraction of sp³-hybridized carbons (Fsp3) is 0.615. The molecule has 4 atom stereocenters. The van der Waals surface area contributed by atoms with Gasteiger partial charge in [0.2, 0.25) is 5.95 Å². The van der Waals surface area contributed by atoms with Crippen LogP contribution in [-0.4, -0.2) is 72.2 Å². The second kappa shape index (κ2) is 9.48. The van der Waals surface area contributed by atoms with Gasteiger partial charge < -0.3 is 25.5 Å². The van der Waals surface area contributed by atoms with Gasteiger partial charge in [0.25, 0.3) is 0 Å². The summed E-state index contributed by atoms with van der Waals surface area (Å²) in [6, 6.07) is 1.52. The predicted octanol–water partition coefficient (Wildman–Crippen LogP) is 3.47. The van der Waals surface area contributed by atoms with Crippen molar-refractivity contribution in [2.24, 2.45) is 5.92 Å². The van der Waals surface area contributed by atoms with Crippen molar-refractivity contribution < 1.29 is 15.3 Å². The summed E-state index contributed by atoms with van der Waals surface area (Å²) >= 11 is 1.59. The number of aliphatic hydroxyl groups excluding tert-OH is 2. The number of rotatable bonds is 8. The van der Waals surface area contributed by atoms with Crippen LogP contribution in [0.2, 0.25) is 0 Å². The van der Waals surface area contributed by atoms with Gasteiger partial charge >= 0.3 is 0 Å². The van der Waals surface area contributed by atoms with Gasteiger partial charge in [0.15, 0.2) is 0 Å². The standard InChI is InChI=1S/C26H36N6O3S/c1-6-32(7-2)25-28-13(3)18(24-30-20-17(36-24)10-11-27-19(20)14-8-9-14)23(31-25)29-16-12-15(26(4,5)35)21(33)22(16)34/h10-11,14-16,21-22,33-35H,6-9,12H2,1-5H3,(H,28,29,31)/t15-,16+,21+,22-/m0/s1. The molecule has 2 aliphatic carbocycles. The number of aryl methyl sites for hydroxylation is 1. The quantitative estimate of drug-likeness (QED) is 0.359. The average molecular weight is 513 g/mol. The van der Waals surface area contributed by atoms with Gasteiger partial charge in [0, 0.05) is 31.1 Å². The molecular weight excluding hydrogens is 476 g/mol. The minimum Gasteiger partial charge on any atom is -0.390 e. The number of hydrogen-bond donors (Lipinski definition) is 4. The van der Waals surface area contributed by atoms with E-state index in [1.165, 1.54) is 0 Å². The van der Waals surface area contributed by atoms with E-state index < -0.39 is 29.8 Å². The summed E-state index contributed by atoms with van der Waals surface area (Å²) in [6.07, 6.45) is 2.49. The third-order valence-corrected chi connectivity index (χ3v) is 8.59. The number of nitrogens with zero attached hydrogens (tertiary/aromatic N) is 5. The van der Waals surface area contributed by atoms with E-state index in [1.807, 2.05) is 19.2 Å². The van der Waals surface area contributed by atoms with Crippen molar-refractivity contribution in [3.8, 4) is 10.6 Å². The van der Waals surface area contributed by atoms with Crippen molar-refractivity contribution in [1.29, 1.82) is 0 Å². The SMILES string of the molecule is CCN(CC)c1nc(C)c(-c2nc3c(C4CC4)nccc3s2)c(N[C@@H]2C[C@H](C(C)(C)O)[C@@H](O)[C@H]2O)n1. The summed E-state index contributed by atoms with van der Waals surface area (Å²) in [4.78, 5) is 21.4. The minimum absolute atomic E-state index is 0.407. The van der Waals surface area contributed by atoms with Crippen molar-refractivity contribution in [2.45, 2.75) is 83.6 Å². The van der Waals surface area contributed by atoms with E-state index in [-0.39, 0.29) is 0 Å². The molecule has 2 fully saturated rings. The molecule has 9 nitrogen and oxygen atoms in total. The smallest absolute Gasteiger partial charge is 0.227 e. The van der Waals surface area contributed by atoms with Gasteiger partial charge in [0.1, 0.15) is 22.4 Å². The van der Waals surface area contributed by atoms with E-state index in [2.05, 4.69) is 29.0 Å². The van der Waals surface area contributed by atoms with Gasteiger partial charge in [-0.3, -0.25) is 4.98 Å². The van der Waals surface area contributed by atoms with Crippen molar-refractivity contribution in [1.82, 2.24) is 19.9 Å². The summed E-state index contributed by atoms with van der Waals surface area (Å²) in [5.74, 6) is 1.21.